The van der Waals surface area contributed by atoms with Crippen molar-refractivity contribution < 1.29 is 4.74 Å². The van der Waals surface area contributed by atoms with E-state index in [1.54, 1.807) is 7.11 Å². The van der Waals surface area contributed by atoms with Gasteiger partial charge in [0, 0.05) is 24.2 Å². The predicted molar refractivity (Wildman–Crippen MR) is 112 cm³/mol. The molecule has 28 heavy (non-hydrogen) atoms. The third-order valence-electron chi connectivity index (χ3n) is 5.72. The van der Waals surface area contributed by atoms with Gasteiger partial charge in [0.1, 0.15) is 17.4 Å². The fourth-order valence-electron chi connectivity index (χ4n) is 4.29. The fourth-order valence-corrected chi connectivity index (χ4v) is 4.29. The Morgan fingerprint density at radius 3 is 2.50 bits per heavy atom. The van der Waals surface area contributed by atoms with E-state index in [1.807, 2.05) is 43.5 Å². The number of fused-ring (bicyclic) bond motifs is 1. The van der Waals surface area contributed by atoms with Gasteiger partial charge in [0.25, 0.3) is 0 Å². The summed E-state index contributed by atoms with van der Waals surface area (Å²) >= 11 is 0. The number of methoxy groups -OCH3 is 1. The first kappa shape index (κ1) is 18.2. The smallest absolute Gasteiger partial charge is 0.152 e. The molecule has 1 aliphatic rings. The summed E-state index contributed by atoms with van der Waals surface area (Å²) in [5.41, 5.74) is 13.0. The van der Waals surface area contributed by atoms with Gasteiger partial charge in [0.05, 0.1) is 24.0 Å². The van der Waals surface area contributed by atoms with E-state index in [-0.39, 0.29) is 0 Å². The molecule has 0 amide bonds. The van der Waals surface area contributed by atoms with Gasteiger partial charge < -0.3 is 15.4 Å². The SMILES string of the molecule is COc1ccc(C)c(-c2c(N)c(C#N)c3cc(C)c(N4CCCC4)nn23)c1C. The summed E-state index contributed by atoms with van der Waals surface area (Å²) < 4.78 is 7.38. The molecule has 0 spiro atoms. The first-order valence-electron chi connectivity index (χ1n) is 9.59. The standard InChI is InChI=1S/C22H25N5O/c1-13-7-8-18(28-4)15(3)19(13)21-20(24)16(12-23)17-11-14(2)22(25-27(17)21)26-9-5-6-10-26/h7-8,11H,5-6,9-10,24H2,1-4H3. The highest BCUT2D eigenvalue weighted by Gasteiger charge is 2.25. The highest BCUT2D eigenvalue weighted by molar-refractivity contribution is 5.90. The van der Waals surface area contributed by atoms with Crippen LogP contribution in [0.4, 0.5) is 11.5 Å². The number of nitrogens with zero attached hydrogens (tertiary/aromatic N) is 4. The van der Waals surface area contributed by atoms with Crippen LogP contribution in [0.15, 0.2) is 18.2 Å². The summed E-state index contributed by atoms with van der Waals surface area (Å²) in [6, 6.07) is 8.29. The van der Waals surface area contributed by atoms with E-state index in [2.05, 4.69) is 11.0 Å². The molecule has 144 valence electrons. The Balaban J connectivity index is 2.08. The molecular formula is C22H25N5O. The quantitative estimate of drug-likeness (QED) is 0.749. The fraction of sp³-hybridized carbons (Fsp3) is 0.364. The highest BCUT2D eigenvalue weighted by Crippen LogP contribution is 2.40. The molecule has 0 saturated carbocycles. The summed E-state index contributed by atoms with van der Waals surface area (Å²) in [6.45, 7) is 8.12. The molecule has 2 N–H and O–H groups in total. The van der Waals surface area contributed by atoms with Gasteiger partial charge in [-0.05, 0) is 56.9 Å². The van der Waals surface area contributed by atoms with Gasteiger partial charge in [0.15, 0.2) is 5.82 Å². The van der Waals surface area contributed by atoms with E-state index in [1.165, 1.54) is 12.8 Å². The van der Waals surface area contributed by atoms with E-state index in [0.717, 1.165) is 58.1 Å². The van der Waals surface area contributed by atoms with E-state index < -0.39 is 0 Å². The molecule has 0 bridgehead atoms. The van der Waals surface area contributed by atoms with Crippen molar-refractivity contribution in [1.82, 2.24) is 9.61 Å². The number of ether oxygens (including phenoxy) is 1. The first-order chi connectivity index (χ1) is 13.5. The Labute approximate surface area is 165 Å². The molecular weight excluding hydrogens is 350 g/mol. The maximum atomic E-state index is 9.78. The van der Waals surface area contributed by atoms with Crippen molar-refractivity contribution in [2.45, 2.75) is 33.6 Å². The summed E-state index contributed by atoms with van der Waals surface area (Å²) in [5, 5.41) is 14.8. The highest BCUT2D eigenvalue weighted by atomic mass is 16.5. The molecule has 6 heteroatoms. The molecule has 0 radical (unpaired) electrons. The van der Waals surface area contributed by atoms with Crippen molar-refractivity contribution in [3.63, 3.8) is 0 Å². The predicted octanol–water partition coefficient (Wildman–Crippen LogP) is 3.99. The Hall–Kier alpha value is -3.20. The molecule has 1 aromatic carbocycles. The molecule has 2 aromatic heterocycles. The number of hydrogen-bond acceptors (Lipinski definition) is 5. The Bertz CT molecular complexity index is 1120. The number of benzene rings is 1. The molecule has 0 atom stereocenters. The second-order valence-electron chi connectivity index (χ2n) is 7.48. The van der Waals surface area contributed by atoms with Crippen LogP contribution < -0.4 is 15.4 Å². The van der Waals surface area contributed by atoms with Crippen molar-refractivity contribution in [1.29, 1.82) is 5.26 Å². The van der Waals surface area contributed by atoms with Gasteiger partial charge in [-0.2, -0.15) is 5.26 Å². The largest absolute Gasteiger partial charge is 0.496 e. The molecule has 6 nitrogen and oxygen atoms in total. The van der Waals surface area contributed by atoms with Crippen molar-refractivity contribution in [3.05, 3.63) is 40.5 Å². The normalized spacial score (nSPS) is 13.9. The van der Waals surface area contributed by atoms with Gasteiger partial charge in [-0.1, -0.05) is 6.07 Å². The maximum Gasteiger partial charge on any atom is 0.152 e. The average Bonchev–Trinajstić information content (AvgIpc) is 3.28. The monoisotopic (exact) mass is 375 g/mol. The Kier molecular flexibility index (Phi) is 4.38. The van der Waals surface area contributed by atoms with Crippen LogP contribution in [-0.4, -0.2) is 29.8 Å². The van der Waals surface area contributed by atoms with Crippen molar-refractivity contribution >= 4 is 17.0 Å². The van der Waals surface area contributed by atoms with Gasteiger partial charge in [-0.15, -0.1) is 5.10 Å². The number of aromatic nitrogens is 2. The maximum absolute atomic E-state index is 9.78. The minimum absolute atomic E-state index is 0.465. The lowest BCUT2D eigenvalue weighted by molar-refractivity contribution is 0.412. The van der Waals surface area contributed by atoms with Crippen LogP contribution >= 0.6 is 0 Å². The van der Waals surface area contributed by atoms with E-state index in [9.17, 15) is 5.26 Å². The van der Waals surface area contributed by atoms with Gasteiger partial charge >= 0.3 is 0 Å². The van der Waals surface area contributed by atoms with E-state index in [0.29, 0.717) is 11.3 Å². The minimum Gasteiger partial charge on any atom is -0.496 e. The molecule has 1 aliphatic heterocycles. The first-order valence-corrected chi connectivity index (χ1v) is 9.59. The van der Waals surface area contributed by atoms with Gasteiger partial charge in [-0.25, -0.2) is 4.52 Å². The van der Waals surface area contributed by atoms with Crippen molar-refractivity contribution in [3.8, 4) is 23.1 Å². The molecule has 0 aliphatic carbocycles. The Morgan fingerprint density at radius 2 is 1.86 bits per heavy atom. The zero-order valence-corrected chi connectivity index (χ0v) is 16.8. The number of nitrogen functional groups attached to an aromatic ring is 1. The lowest BCUT2D eigenvalue weighted by Crippen LogP contribution is -2.21. The lowest BCUT2D eigenvalue weighted by atomic mass is 9.98. The second-order valence-corrected chi connectivity index (χ2v) is 7.48. The van der Waals surface area contributed by atoms with Gasteiger partial charge in [0.2, 0.25) is 0 Å². The second kappa shape index (κ2) is 6.75. The van der Waals surface area contributed by atoms with E-state index in [4.69, 9.17) is 15.6 Å². The van der Waals surface area contributed by atoms with Crippen molar-refractivity contribution in [2.24, 2.45) is 0 Å². The topological polar surface area (TPSA) is 79.6 Å². The molecule has 3 heterocycles. The van der Waals surface area contributed by atoms with Gasteiger partial charge in [-0.3, -0.25) is 0 Å². The summed E-state index contributed by atoms with van der Waals surface area (Å²) in [6.07, 6.45) is 2.36. The summed E-state index contributed by atoms with van der Waals surface area (Å²) in [5.74, 6) is 1.75. The molecule has 1 saturated heterocycles. The number of rotatable bonds is 3. The van der Waals surface area contributed by atoms with E-state index >= 15 is 0 Å². The van der Waals surface area contributed by atoms with Crippen LogP contribution in [0, 0.1) is 32.1 Å². The van der Waals surface area contributed by atoms with Crippen molar-refractivity contribution in [2.75, 3.05) is 30.8 Å². The number of nitriles is 1. The molecule has 4 rings (SSSR count). The minimum atomic E-state index is 0.465. The third-order valence-corrected chi connectivity index (χ3v) is 5.72. The zero-order chi connectivity index (χ0) is 20.0. The molecule has 3 aromatic rings. The van der Waals surface area contributed by atoms with Crippen LogP contribution in [0.5, 0.6) is 5.75 Å². The van der Waals surface area contributed by atoms with Crippen LogP contribution in [0.25, 0.3) is 16.8 Å². The zero-order valence-electron chi connectivity index (χ0n) is 16.8. The van der Waals surface area contributed by atoms with Crippen LogP contribution in [0.2, 0.25) is 0 Å². The number of hydrogen-bond donors (Lipinski definition) is 1. The van der Waals surface area contributed by atoms with Crippen LogP contribution in [-0.2, 0) is 0 Å². The number of nitrogens with two attached hydrogens (primary N) is 1. The van der Waals surface area contributed by atoms with Crippen LogP contribution in [0.1, 0.15) is 35.1 Å². The summed E-state index contributed by atoms with van der Waals surface area (Å²) in [7, 11) is 1.66. The number of anilines is 2. The lowest BCUT2D eigenvalue weighted by Gasteiger charge is -2.20. The summed E-state index contributed by atoms with van der Waals surface area (Å²) in [4.78, 5) is 2.31. The van der Waals surface area contributed by atoms with Crippen LogP contribution in [0.3, 0.4) is 0 Å². The molecule has 1 fully saturated rings. The number of aryl methyl sites for hydroxylation is 2. The molecule has 0 unspecified atom stereocenters. The average molecular weight is 375 g/mol. The third kappa shape index (κ3) is 2.58. The Morgan fingerprint density at radius 1 is 1.14 bits per heavy atom.